The highest BCUT2D eigenvalue weighted by Crippen LogP contribution is 2.32. The van der Waals surface area contributed by atoms with Crippen LogP contribution in [0.15, 0.2) is 45.8 Å². The molecule has 126 valence electrons. The fourth-order valence-electron chi connectivity index (χ4n) is 2.69. The molecule has 1 aliphatic heterocycles. The molecule has 1 aliphatic rings. The maximum absolute atomic E-state index is 6.42. The molecule has 25 heavy (non-hydrogen) atoms. The number of methoxy groups -OCH3 is 1. The summed E-state index contributed by atoms with van der Waals surface area (Å²) in [7, 11) is 1.64. The number of aliphatic imine (C=N–C) groups is 1. The summed E-state index contributed by atoms with van der Waals surface area (Å²) in [5, 5.41) is 11.8. The lowest BCUT2D eigenvalue weighted by molar-refractivity contribution is 0.414. The number of anilines is 2. The first kappa shape index (κ1) is 15.7. The van der Waals surface area contributed by atoms with E-state index in [9.17, 15) is 0 Å². The smallest absolute Gasteiger partial charge is 0.320 e. The minimum absolute atomic E-state index is 0.301. The van der Waals surface area contributed by atoms with Crippen LogP contribution in [0.2, 0.25) is 5.02 Å². The van der Waals surface area contributed by atoms with E-state index in [0.29, 0.717) is 35.6 Å². The van der Waals surface area contributed by atoms with Crippen LogP contribution in [0.5, 0.6) is 5.75 Å². The van der Waals surface area contributed by atoms with Crippen LogP contribution in [0.1, 0.15) is 22.6 Å². The molecule has 4 rings (SSSR count). The number of benzene rings is 2. The van der Waals surface area contributed by atoms with Crippen molar-refractivity contribution in [1.82, 2.24) is 10.2 Å². The Morgan fingerprint density at radius 1 is 1.24 bits per heavy atom. The van der Waals surface area contributed by atoms with Crippen molar-refractivity contribution in [1.29, 1.82) is 0 Å². The summed E-state index contributed by atoms with van der Waals surface area (Å²) in [5.74, 6) is 1.30. The van der Waals surface area contributed by atoms with Gasteiger partial charge < -0.3 is 14.5 Å². The Morgan fingerprint density at radius 2 is 2.16 bits per heavy atom. The molecular formula is C18H15ClN4O2. The van der Waals surface area contributed by atoms with E-state index < -0.39 is 0 Å². The molecule has 0 saturated carbocycles. The minimum atomic E-state index is 0.301. The molecule has 7 heteroatoms. The second kappa shape index (κ2) is 6.57. The van der Waals surface area contributed by atoms with Gasteiger partial charge in [-0.1, -0.05) is 34.9 Å². The normalized spacial score (nSPS) is 12.2. The van der Waals surface area contributed by atoms with Crippen molar-refractivity contribution in [2.24, 2.45) is 4.99 Å². The van der Waals surface area contributed by atoms with Crippen LogP contribution in [0.4, 0.5) is 11.7 Å². The Hall–Kier alpha value is -2.86. The van der Waals surface area contributed by atoms with E-state index in [1.54, 1.807) is 13.3 Å². The van der Waals surface area contributed by atoms with Gasteiger partial charge in [-0.2, -0.15) is 0 Å². The Labute approximate surface area is 149 Å². The van der Waals surface area contributed by atoms with Crippen LogP contribution in [0.25, 0.3) is 0 Å². The standard InChI is InChI=1S/C18H15ClN4O2/c1-24-13-4-2-3-11(7-13)8-16-22-23-18(25-16)21-15-6-5-12-9-20-10-14(12)17(15)19/h2-7,10H,8-9H2,1H3,(H,21,23). The summed E-state index contributed by atoms with van der Waals surface area (Å²) in [6, 6.07) is 11.9. The molecule has 0 amide bonds. The first-order valence-corrected chi connectivity index (χ1v) is 8.14. The van der Waals surface area contributed by atoms with Gasteiger partial charge in [0.1, 0.15) is 5.75 Å². The molecule has 0 radical (unpaired) electrons. The van der Waals surface area contributed by atoms with E-state index in [1.807, 2.05) is 36.4 Å². The number of ether oxygens (including phenoxy) is 1. The molecule has 0 bridgehead atoms. The second-order valence-electron chi connectivity index (χ2n) is 5.62. The predicted molar refractivity (Wildman–Crippen MR) is 96.1 cm³/mol. The third-order valence-electron chi connectivity index (χ3n) is 3.95. The van der Waals surface area contributed by atoms with Crippen molar-refractivity contribution in [2.75, 3.05) is 12.4 Å². The molecule has 0 atom stereocenters. The predicted octanol–water partition coefficient (Wildman–Crippen LogP) is 4.00. The molecule has 2 heterocycles. The van der Waals surface area contributed by atoms with Crippen LogP contribution in [-0.2, 0) is 13.0 Å². The lowest BCUT2D eigenvalue weighted by Gasteiger charge is -2.07. The van der Waals surface area contributed by atoms with Crippen molar-refractivity contribution in [2.45, 2.75) is 13.0 Å². The summed E-state index contributed by atoms with van der Waals surface area (Å²) in [4.78, 5) is 4.23. The van der Waals surface area contributed by atoms with Gasteiger partial charge >= 0.3 is 6.01 Å². The lowest BCUT2D eigenvalue weighted by Crippen LogP contribution is -1.95. The van der Waals surface area contributed by atoms with Crippen molar-refractivity contribution in [3.8, 4) is 5.75 Å². The molecule has 6 nitrogen and oxygen atoms in total. The molecule has 0 fully saturated rings. The quantitative estimate of drug-likeness (QED) is 0.749. The Bertz CT molecular complexity index is 952. The minimum Gasteiger partial charge on any atom is -0.497 e. The fraction of sp³-hybridized carbons (Fsp3) is 0.167. The maximum Gasteiger partial charge on any atom is 0.320 e. The number of aromatic nitrogens is 2. The van der Waals surface area contributed by atoms with Crippen LogP contribution >= 0.6 is 11.6 Å². The highest BCUT2D eigenvalue weighted by molar-refractivity contribution is 6.36. The number of fused-ring (bicyclic) bond motifs is 1. The molecule has 1 aromatic heterocycles. The third kappa shape index (κ3) is 3.21. The van der Waals surface area contributed by atoms with E-state index in [4.69, 9.17) is 20.8 Å². The molecule has 1 N–H and O–H groups in total. The average molecular weight is 355 g/mol. The van der Waals surface area contributed by atoms with Crippen molar-refractivity contribution < 1.29 is 9.15 Å². The van der Waals surface area contributed by atoms with Gasteiger partial charge in [0, 0.05) is 11.8 Å². The first-order valence-electron chi connectivity index (χ1n) is 7.76. The number of nitrogens with one attached hydrogen (secondary N) is 1. The number of halogens is 1. The van der Waals surface area contributed by atoms with Gasteiger partial charge in [0.25, 0.3) is 0 Å². The van der Waals surface area contributed by atoms with Crippen molar-refractivity contribution in [3.63, 3.8) is 0 Å². The Kier molecular flexibility index (Phi) is 4.11. The van der Waals surface area contributed by atoms with Crippen LogP contribution in [0.3, 0.4) is 0 Å². The average Bonchev–Trinajstić information content (AvgIpc) is 3.27. The zero-order valence-corrected chi connectivity index (χ0v) is 14.2. The number of nitrogens with zero attached hydrogens (tertiary/aromatic N) is 3. The Balaban J connectivity index is 1.51. The number of rotatable bonds is 5. The first-order chi connectivity index (χ1) is 12.2. The maximum atomic E-state index is 6.42. The van der Waals surface area contributed by atoms with Crippen molar-refractivity contribution >= 4 is 29.5 Å². The van der Waals surface area contributed by atoms with Gasteiger partial charge in [0.05, 0.1) is 30.8 Å². The highest BCUT2D eigenvalue weighted by atomic mass is 35.5. The second-order valence-corrected chi connectivity index (χ2v) is 6.00. The van der Waals surface area contributed by atoms with E-state index in [0.717, 1.165) is 22.4 Å². The monoisotopic (exact) mass is 354 g/mol. The lowest BCUT2D eigenvalue weighted by atomic mass is 10.1. The van der Waals surface area contributed by atoms with Gasteiger partial charge in [-0.05, 0) is 29.3 Å². The van der Waals surface area contributed by atoms with Crippen LogP contribution in [0, 0.1) is 0 Å². The fourth-order valence-corrected chi connectivity index (χ4v) is 2.97. The third-order valence-corrected chi connectivity index (χ3v) is 4.36. The number of hydrogen-bond donors (Lipinski definition) is 1. The van der Waals surface area contributed by atoms with Gasteiger partial charge in [0.2, 0.25) is 5.89 Å². The van der Waals surface area contributed by atoms with Crippen LogP contribution in [-0.4, -0.2) is 23.5 Å². The molecule has 0 spiro atoms. The SMILES string of the molecule is COc1cccc(Cc2nnc(Nc3ccc4c(c3Cl)C=NC4)o2)c1. The zero-order valence-electron chi connectivity index (χ0n) is 13.5. The van der Waals surface area contributed by atoms with Gasteiger partial charge in [0.15, 0.2) is 0 Å². The van der Waals surface area contributed by atoms with Gasteiger partial charge in [-0.3, -0.25) is 4.99 Å². The summed E-state index contributed by atoms with van der Waals surface area (Å²) < 4.78 is 10.9. The molecule has 3 aromatic rings. The van der Waals surface area contributed by atoms with Crippen LogP contribution < -0.4 is 10.1 Å². The molecule has 2 aromatic carbocycles. The Morgan fingerprint density at radius 3 is 3.04 bits per heavy atom. The molecular weight excluding hydrogens is 340 g/mol. The molecule has 0 unspecified atom stereocenters. The summed E-state index contributed by atoms with van der Waals surface area (Å²) >= 11 is 6.42. The van der Waals surface area contributed by atoms with E-state index in [-0.39, 0.29) is 0 Å². The van der Waals surface area contributed by atoms with Gasteiger partial charge in [-0.15, -0.1) is 5.10 Å². The van der Waals surface area contributed by atoms with E-state index in [2.05, 4.69) is 20.5 Å². The zero-order chi connectivity index (χ0) is 17.2. The summed E-state index contributed by atoms with van der Waals surface area (Å²) in [6.45, 7) is 0.667. The largest absolute Gasteiger partial charge is 0.497 e. The van der Waals surface area contributed by atoms with Gasteiger partial charge in [-0.25, -0.2) is 0 Å². The summed E-state index contributed by atoms with van der Waals surface area (Å²) in [6.07, 6.45) is 2.31. The topological polar surface area (TPSA) is 72.5 Å². The highest BCUT2D eigenvalue weighted by Gasteiger charge is 2.15. The van der Waals surface area contributed by atoms with E-state index in [1.165, 1.54) is 0 Å². The number of hydrogen-bond acceptors (Lipinski definition) is 6. The van der Waals surface area contributed by atoms with Crippen molar-refractivity contribution in [3.05, 3.63) is 64.0 Å². The summed E-state index contributed by atoms with van der Waals surface area (Å²) in [5.41, 5.74) is 3.79. The molecule has 0 aliphatic carbocycles. The van der Waals surface area contributed by atoms with E-state index >= 15 is 0 Å². The molecule has 0 saturated heterocycles.